The predicted molar refractivity (Wildman–Crippen MR) is 114 cm³/mol. The zero-order chi connectivity index (χ0) is 19.6. The van der Waals surface area contributed by atoms with Gasteiger partial charge in [0, 0.05) is 31.9 Å². The third-order valence-electron chi connectivity index (χ3n) is 4.67. The molecule has 1 saturated heterocycles. The first-order valence-electron chi connectivity index (χ1n) is 9.85. The Hall–Kier alpha value is -2.73. The molecule has 0 aliphatic carbocycles. The lowest BCUT2D eigenvalue weighted by molar-refractivity contribution is 0.122. The molecule has 28 heavy (non-hydrogen) atoms. The number of benzene rings is 2. The van der Waals surface area contributed by atoms with Crippen LogP contribution in [0.2, 0.25) is 0 Å². The maximum absolute atomic E-state index is 5.42. The van der Waals surface area contributed by atoms with Gasteiger partial charge in [-0.2, -0.15) is 0 Å². The van der Waals surface area contributed by atoms with E-state index in [0.717, 1.165) is 56.7 Å². The molecule has 0 amide bonds. The van der Waals surface area contributed by atoms with Gasteiger partial charge in [0.15, 0.2) is 5.96 Å². The average molecular weight is 383 g/mol. The van der Waals surface area contributed by atoms with Gasteiger partial charge in [0.25, 0.3) is 0 Å². The van der Waals surface area contributed by atoms with Gasteiger partial charge in [-0.1, -0.05) is 24.3 Å². The first-order chi connectivity index (χ1) is 13.8. The standard InChI is InChI=1S/C22H30N4O2/c1-3-23-22(25-17-19-5-4-6-21(15-19)27-2)24-16-18-7-9-20(10-8-18)26-11-13-28-14-12-26/h4-10,15H,3,11-14,16-17H2,1-2H3,(H2,23,24,25). The van der Waals surface area contributed by atoms with Gasteiger partial charge in [-0.25, -0.2) is 4.99 Å². The number of ether oxygens (including phenoxy) is 2. The topological polar surface area (TPSA) is 58.1 Å². The van der Waals surface area contributed by atoms with Crippen molar-refractivity contribution in [2.45, 2.75) is 20.0 Å². The summed E-state index contributed by atoms with van der Waals surface area (Å²) in [7, 11) is 1.68. The summed E-state index contributed by atoms with van der Waals surface area (Å²) in [6, 6.07) is 16.7. The van der Waals surface area contributed by atoms with Crippen molar-refractivity contribution in [1.29, 1.82) is 0 Å². The molecule has 0 spiro atoms. The van der Waals surface area contributed by atoms with Crippen LogP contribution in [-0.4, -0.2) is 45.9 Å². The number of nitrogens with zero attached hydrogens (tertiary/aromatic N) is 2. The molecule has 6 heteroatoms. The highest BCUT2D eigenvalue weighted by molar-refractivity contribution is 5.79. The van der Waals surface area contributed by atoms with Gasteiger partial charge >= 0.3 is 0 Å². The first kappa shape index (κ1) is 20.0. The van der Waals surface area contributed by atoms with Crippen LogP contribution in [0.5, 0.6) is 5.75 Å². The third-order valence-corrected chi connectivity index (χ3v) is 4.67. The minimum Gasteiger partial charge on any atom is -0.497 e. The van der Waals surface area contributed by atoms with Crippen LogP contribution in [0.4, 0.5) is 5.69 Å². The van der Waals surface area contributed by atoms with Gasteiger partial charge < -0.3 is 25.0 Å². The highest BCUT2D eigenvalue weighted by atomic mass is 16.5. The van der Waals surface area contributed by atoms with Crippen molar-refractivity contribution in [3.63, 3.8) is 0 Å². The molecule has 3 rings (SSSR count). The summed E-state index contributed by atoms with van der Waals surface area (Å²) in [4.78, 5) is 7.04. The summed E-state index contributed by atoms with van der Waals surface area (Å²) in [5, 5.41) is 6.71. The Bertz CT molecular complexity index is 755. The van der Waals surface area contributed by atoms with E-state index in [2.05, 4.69) is 57.8 Å². The Morgan fingerprint density at radius 1 is 1.07 bits per heavy atom. The number of methoxy groups -OCH3 is 1. The number of aliphatic imine (C=N–C) groups is 1. The highest BCUT2D eigenvalue weighted by Crippen LogP contribution is 2.17. The van der Waals surface area contributed by atoms with E-state index < -0.39 is 0 Å². The fourth-order valence-corrected chi connectivity index (χ4v) is 3.11. The maximum atomic E-state index is 5.42. The Labute approximate surface area is 167 Å². The first-order valence-corrected chi connectivity index (χ1v) is 9.85. The van der Waals surface area contributed by atoms with E-state index >= 15 is 0 Å². The van der Waals surface area contributed by atoms with Crippen molar-refractivity contribution in [2.24, 2.45) is 4.99 Å². The fourth-order valence-electron chi connectivity index (χ4n) is 3.11. The van der Waals surface area contributed by atoms with Gasteiger partial charge in [0.1, 0.15) is 5.75 Å². The number of nitrogens with one attached hydrogen (secondary N) is 2. The molecule has 0 radical (unpaired) electrons. The summed E-state index contributed by atoms with van der Waals surface area (Å²) >= 11 is 0. The van der Waals surface area contributed by atoms with Crippen LogP contribution < -0.4 is 20.3 Å². The number of hydrogen-bond acceptors (Lipinski definition) is 4. The number of guanidine groups is 1. The molecule has 0 saturated carbocycles. The van der Waals surface area contributed by atoms with Gasteiger partial charge in [0.05, 0.1) is 26.9 Å². The second-order valence-electron chi connectivity index (χ2n) is 6.67. The van der Waals surface area contributed by atoms with Crippen LogP contribution in [0.15, 0.2) is 53.5 Å². The van der Waals surface area contributed by atoms with E-state index in [1.165, 1.54) is 11.3 Å². The SMILES string of the molecule is CCNC(=NCc1cccc(OC)c1)NCc1ccc(N2CCOCC2)cc1. The lowest BCUT2D eigenvalue weighted by atomic mass is 10.2. The molecule has 6 nitrogen and oxygen atoms in total. The number of morpholine rings is 1. The Balaban J connectivity index is 1.56. The van der Waals surface area contributed by atoms with Gasteiger partial charge in [0.2, 0.25) is 0 Å². The molecule has 1 heterocycles. The summed E-state index contributed by atoms with van der Waals surface area (Å²) in [6.07, 6.45) is 0. The van der Waals surface area contributed by atoms with Gasteiger partial charge in [-0.05, 0) is 42.3 Å². The minimum absolute atomic E-state index is 0.600. The van der Waals surface area contributed by atoms with Crippen LogP contribution in [-0.2, 0) is 17.8 Å². The summed E-state index contributed by atoms with van der Waals surface area (Å²) in [6.45, 7) is 7.74. The Morgan fingerprint density at radius 3 is 2.57 bits per heavy atom. The number of anilines is 1. The zero-order valence-corrected chi connectivity index (χ0v) is 16.8. The molecule has 2 N–H and O–H groups in total. The van der Waals surface area contributed by atoms with Crippen LogP contribution in [0.1, 0.15) is 18.1 Å². The molecular formula is C22H30N4O2. The van der Waals surface area contributed by atoms with Gasteiger partial charge in [-0.3, -0.25) is 0 Å². The molecular weight excluding hydrogens is 352 g/mol. The largest absolute Gasteiger partial charge is 0.497 e. The normalized spacial score (nSPS) is 14.6. The number of rotatable bonds is 7. The quantitative estimate of drug-likeness (QED) is 0.570. The van der Waals surface area contributed by atoms with E-state index in [4.69, 9.17) is 9.47 Å². The van der Waals surface area contributed by atoms with Crippen molar-refractivity contribution in [3.05, 3.63) is 59.7 Å². The van der Waals surface area contributed by atoms with E-state index in [1.54, 1.807) is 7.11 Å². The molecule has 0 bridgehead atoms. The molecule has 1 aliphatic heterocycles. The molecule has 0 atom stereocenters. The lowest BCUT2D eigenvalue weighted by Crippen LogP contribution is -2.37. The summed E-state index contributed by atoms with van der Waals surface area (Å²) < 4.78 is 10.7. The van der Waals surface area contributed by atoms with E-state index in [0.29, 0.717) is 6.54 Å². The maximum Gasteiger partial charge on any atom is 0.191 e. The molecule has 0 aromatic heterocycles. The van der Waals surface area contributed by atoms with Crippen LogP contribution in [0.25, 0.3) is 0 Å². The van der Waals surface area contributed by atoms with Crippen LogP contribution >= 0.6 is 0 Å². The van der Waals surface area contributed by atoms with E-state index in [1.807, 2.05) is 18.2 Å². The molecule has 1 fully saturated rings. The van der Waals surface area contributed by atoms with Crippen LogP contribution in [0.3, 0.4) is 0 Å². The van der Waals surface area contributed by atoms with Gasteiger partial charge in [-0.15, -0.1) is 0 Å². The lowest BCUT2D eigenvalue weighted by Gasteiger charge is -2.28. The Morgan fingerprint density at radius 2 is 1.86 bits per heavy atom. The average Bonchev–Trinajstić information content (AvgIpc) is 2.77. The monoisotopic (exact) mass is 382 g/mol. The van der Waals surface area contributed by atoms with Crippen molar-refractivity contribution in [2.75, 3.05) is 44.9 Å². The van der Waals surface area contributed by atoms with Crippen molar-refractivity contribution in [1.82, 2.24) is 10.6 Å². The third kappa shape index (κ3) is 5.89. The fraction of sp³-hybridized carbons (Fsp3) is 0.409. The second kappa shape index (κ2) is 10.6. The number of hydrogen-bond donors (Lipinski definition) is 2. The molecule has 2 aromatic carbocycles. The van der Waals surface area contributed by atoms with Crippen molar-refractivity contribution < 1.29 is 9.47 Å². The van der Waals surface area contributed by atoms with E-state index in [-0.39, 0.29) is 0 Å². The predicted octanol–water partition coefficient (Wildman–Crippen LogP) is 2.79. The summed E-state index contributed by atoms with van der Waals surface area (Å²) in [5.41, 5.74) is 3.60. The Kier molecular flexibility index (Phi) is 7.55. The molecule has 0 unspecified atom stereocenters. The van der Waals surface area contributed by atoms with E-state index in [9.17, 15) is 0 Å². The van der Waals surface area contributed by atoms with Crippen molar-refractivity contribution in [3.8, 4) is 5.75 Å². The second-order valence-corrected chi connectivity index (χ2v) is 6.67. The minimum atomic E-state index is 0.600. The smallest absolute Gasteiger partial charge is 0.191 e. The van der Waals surface area contributed by atoms with Crippen LogP contribution in [0, 0.1) is 0 Å². The zero-order valence-electron chi connectivity index (χ0n) is 16.8. The molecule has 1 aliphatic rings. The van der Waals surface area contributed by atoms with Crippen molar-refractivity contribution >= 4 is 11.6 Å². The molecule has 2 aromatic rings. The molecule has 150 valence electrons. The summed E-state index contributed by atoms with van der Waals surface area (Å²) in [5.74, 6) is 1.66. The highest BCUT2D eigenvalue weighted by Gasteiger charge is 2.10.